The van der Waals surface area contributed by atoms with E-state index in [4.69, 9.17) is 9.97 Å². The van der Waals surface area contributed by atoms with Crippen LogP contribution in [0.15, 0.2) is 182 Å². The molecule has 52 heavy (non-hydrogen) atoms. The van der Waals surface area contributed by atoms with E-state index in [0.717, 1.165) is 72.4 Å². The summed E-state index contributed by atoms with van der Waals surface area (Å²) in [6, 6.07) is 64.7. The van der Waals surface area contributed by atoms with Gasteiger partial charge < -0.3 is 4.57 Å². The third kappa shape index (κ3) is 4.28. The second-order valence-electron chi connectivity index (χ2n) is 13.4. The van der Waals surface area contributed by atoms with Gasteiger partial charge in [-0.2, -0.15) is 0 Å². The Morgan fingerprint density at radius 2 is 0.962 bits per heavy atom. The Bertz CT molecular complexity index is 3110. The van der Waals surface area contributed by atoms with Crippen LogP contribution in [0.3, 0.4) is 0 Å². The molecule has 0 saturated carbocycles. The predicted octanol–water partition coefficient (Wildman–Crippen LogP) is 12.3. The Kier molecular flexibility index (Phi) is 6.22. The van der Waals surface area contributed by atoms with E-state index in [0.29, 0.717) is 0 Å². The number of imidazole rings is 1. The summed E-state index contributed by atoms with van der Waals surface area (Å²) in [7, 11) is 0. The zero-order valence-electron chi connectivity index (χ0n) is 28.1. The average molecular weight is 663 g/mol. The molecule has 4 nitrogen and oxygen atoms in total. The second-order valence-corrected chi connectivity index (χ2v) is 13.4. The third-order valence-electron chi connectivity index (χ3n) is 10.5. The van der Waals surface area contributed by atoms with Crippen molar-refractivity contribution < 1.29 is 0 Å². The first-order valence-corrected chi connectivity index (χ1v) is 17.7. The smallest absolute Gasteiger partial charge is 0.146 e. The van der Waals surface area contributed by atoms with Gasteiger partial charge in [-0.15, -0.1) is 0 Å². The molecular formula is C48H30N4. The van der Waals surface area contributed by atoms with Gasteiger partial charge in [0.1, 0.15) is 5.65 Å². The average Bonchev–Trinajstić information content (AvgIpc) is 3.78. The summed E-state index contributed by atoms with van der Waals surface area (Å²) >= 11 is 0. The molecule has 0 spiro atoms. The van der Waals surface area contributed by atoms with Gasteiger partial charge in [-0.1, -0.05) is 121 Å². The number of hydrogen-bond donors (Lipinski definition) is 0. The van der Waals surface area contributed by atoms with Gasteiger partial charge in [0.05, 0.1) is 39.0 Å². The van der Waals surface area contributed by atoms with E-state index in [1.54, 1.807) is 0 Å². The Balaban J connectivity index is 1.18. The number of fused-ring (bicyclic) bond motifs is 12. The van der Waals surface area contributed by atoms with Crippen LogP contribution in [-0.4, -0.2) is 18.9 Å². The van der Waals surface area contributed by atoms with Gasteiger partial charge in [-0.05, 0) is 71.8 Å². The zero-order valence-corrected chi connectivity index (χ0v) is 28.1. The van der Waals surface area contributed by atoms with Crippen LogP contribution in [-0.2, 0) is 0 Å². The van der Waals surface area contributed by atoms with E-state index in [2.05, 4.69) is 185 Å². The Labute approximate surface area is 299 Å². The number of pyridine rings is 2. The van der Waals surface area contributed by atoms with Crippen molar-refractivity contribution in [3.05, 3.63) is 182 Å². The van der Waals surface area contributed by atoms with Crippen LogP contribution in [0.4, 0.5) is 0 Å². The fourth-order valence-electron chi connectivity index (χ4n) is 8.17. The maximum atomic E-state index is 5.25. The van der Waals surface area contributed by atoms with Gasteiger partial charge in [-0.25, -0.2) is 9.97 Å². The standard InChI is InChI=1S/C48H30N4/c1-3-14-31(15-4-1)34-29-40(32-16-5-2-6-17-32)49-41(30-34)33-18-13-19-35(28-33)51-42-23-10-8-21-37(42)47-45(51)27-26-38-46(47)36-20-7-11-24-43(36)52-44-25-12-9-22-39(44)50-48(38)52/h1-30H. The largest absolute Gasteiger partial charge is 0.309 e. The molecule has 0 atom stereocenters. The number of para-hydroxylation sites is 4. The molecule has 0 amide bonds. The first kappa shape index (κ1) is 28.8. The number of aromatic nitrogens is 4. The first-order valence-electron chi connectivity index (χ1n) is 17.7. The molecule has 4 heteroatoms. The lowest BCUT2D eigenvalue weighted by molar-refractivity contribution is 1.18. The van der Waals surface area contributed by atoms with Crippen molar-refractivity contribution in [2.75, 3.05) is 0 Å². The molecule has 0 unspecified atom stereocenters. The van der Waals surface area contributed by atoms with Crippen LogP contribution in [0.2, 0.25) is 0 Å². The summed E-state index contributed by atoms with van der Waals surface area (Å²) in [5.74, 6) is 0. The van der Waals surface area contributed by atoms with Crippen molar-refractivity contribution in [2.45, 2.75) is 0 Å². The quantitative estimate of drug-likeness (QED) is 0.176. The molecule has 11 aromatic rings. The molecule has 0 bridgehead atoms. The summed E-state index contributed by atoms with van der Waals surface area (Å²) in [4.78, 5) is 10.4. The highest BCUT2D eigenvalue weighted by Crippen LogP contribution is 2.42. The van der Waals surface area contributed by atoms with Crippen molar-refractivity contribution in [1.82, 2.24) is 18.9 Å². The van der Waals surface area contributed by atoms with Gasteiger partial charge in [0.25, 0.3) is 0 Å². The summed E-state index contributed by atoms with van der Waals surface area (Å²) in [5, 5.41) is 6.04. The van der Waals surface area contributed by atoms with Gasteiger partial charge >= 0.3 is 0 Å². The Morgan fingerprint density at radius 1 is 0.346 bits per heavy atom. The summed E-state index contributed by atoms with van der Waals surface area (Å²) < 4.78 is 4.73. The lowest BCUT2D eigenvalue weighted by atomic mass is 9.99. The molecule has 0 N–H and O–H groups in total. The van der Waals surface area contributed by atoms with Crippen molar-refractivity contribution in [1.29, 1.82) is 0 Å². The van der Waals surface area contributed by atoms with Crippen molar-refractivity contribution in [3.63, 3.8) is 0 Å². The molecule has 0 saturated heterocycles. The molecule has 4 heterocycles. The van der Waals surface area contributed by atoms with Crippen LogP contribution in [0, 0.1) is 0 Å². The molecular weight excluding hydrogens is 633 g/mol. The Hall–Kier alpha value is -7.04. The normalized spacial score (nSPS) is 11.8. The fraction of sp³-hybridized carbons (Fsp3) is 0. The molecule has 11 rings (SSSR count). The molecule has 242 valence electrons. The van der Waals surface area contributed by atoms with Crippen LogP contribution in [0.5, 0.6) is 0 Å². The third-order valence-corrected chi connectivity index (χ3v) is 10.5. The Morgan fingerprint density at radius 3 is 1.75 bits per heavy atom. The van der Waals surface area contributed by atoms with E-state index in [1.807, 2.05) is 6.07 Å². The number of benzene rings is 7. The van der Waals surface area contributed by atoms with Crippen molar-refractivity contribution >= 4 is 60.2 Å². The van der Waals surface area contributed by atoms with E-state index in [9.17, 15) is 0 Å². The maximum absolute atomic E-state index is 5.25. The van der Waals surface area contributed by atoms with Gasteiger partial charge in [0.15, 0.2) is 0 Å². The highest BCUT2D eigenvalue weighted by molar-refractivity contribution is 6.30. The lowest BCUT2D eigenvalue weighted by Gasteiger charge is -2.13. The maximum Gasteiger partial charge on any atom is 0.146 e. The summed E-state index contributed by atoms with van der Waals surface area (Å²) in [6.45, 7) is 0. The predicted molar refractivity (Wildman–Crippen MR) is 216 cm³/mol. The van der Waals surface area contributed by atoms with Crippen LogP contribution in [0.1, 0.15) is 0 Å². The summed E-state index contributed by atoms with van der Waals surface area (Å²) in [5.41, 5.74) is 14.0. The molecule has 0 aliphatic carbocycles. The highest BCUT2D eigenvalue weighted by Gasteiger charge is 2.20. The van der Waals surface area contributed by atoms with E-state index < -0.39 is 0 Å². The second kappa shape index (κ2) is 11.2. The molecule has 0 fully saturated rings. The lowest BCUT2D eigenvalue weighted by Crippen LogP contribution is -1.96. The number of hydrogen-bond acceptors (Lipinski definition) is 2. The molecule has 0 aliphatic heterocycles. The van der Waals surface area contributed by atoms with Crippen LogP contribution >= 0.6 is 0 Å². The SMILES string of the molecule is c1ccc(-c2cc(-c3ccccc3)nc(-c3cccc(-n4c5ccccc5c5c6c7ccccc7n7c8ccccc8nc7c6ccc54)c3)c2)cc1. The minimum atomic E-state index is 0.938. The van der Waals surface area contributed by atoms with E-state index in [-0.39, 0.29) is 0 Å². The van der Waals surface area contributed by atoms with Gasteiger partial charge in [0, 0.05) is 43.7 Å². The minimum Gasteiger partial charge on any atom is -0.309 e. The van der Waals surface area contributed by atoms with Gasteiger partial charge in [-0.3, -0.25) is 4.40 Å². The topological polar surface area (TPSA) is 35.1 Å². The number of rotatable bonds is 4. The van der Waals surface area contributed by atoms with Crippen molar-refractivity contribution in [3.8, 4) is 39.3 Å². The van der Waals surface area contributed by atoms with E-state index in [1.165, 1.54) is 27.1 Å². The van der Waals surface area contributed by atoms with Crippen LogP contribution < -0.4 is 0 Å². The molecule has 0 radical (unpaired) electrons. The first-order chi connectivity index (χ1) is 25.8. The van der Waals surface area contributed by atoms with Crippen molar-refractivity contribution in [2.24, 2.45) is 0 Å². The molecule has 4 aromatic heterocycles. The van der Waals surface area contributed by atoms with E-state index >= 15 is 0 Å². The highest BCUT2D eigenvalue weighted by atomic mass is 15.0. The summed E-state index contributed by atoms with van der Waals surface area (Å²) in [6.07, 6.45) is 0. The zero-order chi connectivity index (χ0) is 34.2. The minimum absolute atomic E-state index is 0.938. The van der Waals surface area contributed by atoms with Crippen LogP contribution in [0.25, 0.3) is 99.5 Å². The van der Waals surface area contributed by atoms with Gasteiger partial charge in [0.2, 0.25) is 0 Å². The fourth-order valence-corrected chi connectivity index (χ4v) is 8.17. The molecule has 7 aromatic carbocycles. The number of nitrogens with zero attached hydrogens (tertiary/aromatic N) is 4. The molecule has 0 aliphatic rings. The monoisotopic (exact) mass is 662 g/mol.